The number of carboxylic acid groups (broad SMARTS) is 1. The Hall–Kier alpha value is -4.75. The Morgan fingerprint density at radius 1 is 1.20 bits per heavy atom. The first-order valence-electron chi connectivity index (χ1n) is 12.4. The van der Waals surface area contributed by atoms with E-state index in [1.54, 1.807) is 31.2 Å². The zero-order valence-corrected chi connectivity index (χ0v) is 22.5. The number of carboxylic acids is 1. The van der Waals surface area contributed by atoms with E-state index in [0.29, 0.717) is 17.7 Å². The second-order valence-corrected chi connectivity index (χ2v) is 10.1. The van der Waals surface area contributed by atoms with Crippen LogP contribution in [0.3, 0.4) is 0 Å². The first-order chi connectivity index (χ1) is 19.5. The van der Waals surface area contributed by atoms with Crippen LogP contribution in [-0.4, -0.2) is 26.0 Å². The molecule has 3 aromatic carbocycles. The molecule has 2 heterocycles. The SMILES string of the molecule is Cc1c(Oc2ccc(F)c(-c3ncc(C(C)(C#N)c4cccc(CCC(=O)O)c4)[nH]3)c2)c(F)c(F)c2[nH]cc(Cl)c12. The minimum absolute atomic E-state index is 0.0148. The maximum Gasteiger partial charge on any atom is 0.303 e. The van der Waals surface area contributed by atoms with Crippen molar-refractivity contribution in [3.63, 3.8) is 0 Å². The molecule has 3 N–H and O–H groups in total. The summed E-state index contributed by atoms with van der Waals surface area (Å²) in [5.74, 6) is -4.28. The molecule has 11 heteroatoms. The fraction of sp³-hybridized carbons (Fsp3) is 0.167. The number of fused-ring (bicyclic) bond motifs is 1. The highest BCUT2D eigenvalue weighted by molar-refractivity contribution is 6.36. The van der Waals surface area contributed by atoms with Crippen LogP contribution in [0.15, 0.2) is 54.9 Å². The molecule has 0 aliphatic rings. The van der Waals surface area contributed by atoms with Gasteiger partial charge >= 0.3 is 5.97 Å². The minimum Gasteiger partial charge on any atom is -0.481 e. The Bertz CT molecular complexity index is 1860. The number of benzene rings is 3. The van der Waals surface area contributed by atoms with Crippen LogP contribution in [0.2, 0.25) is 5.02 Å². The standard InChI is InChI=1S/C30H22ClF3N4O3/c1-15-24-20(31)12-36-27(24)25(33)26(34)28(15)41-18-7-8-21(32)19(11-18)29-37-13-22(38-29)30(2,14-35)17-5-3-4-16(10-17)6-9-23(39)40/h3-5,7-8,10-13,36H,6,9H2,1-2H3,(H,37,38)(H,39,40). The number of imidazole rings is 1. The van der Waals surface area contributed by atoms with Crippen LogP contribution in [0.4, 0.5) is 13.2 Å². The summed E-state index contributed by atoms with van der Waals surface area (Å²) in [7, 11) is 0. The summed E-state index contributed by atoms with van der Waals surface area (Å²) in [6, 6.07) is 12.9. The first-order valence-corrected chi connectivity index (χ1v) is 12.8. The van der Waals surface area contributed by atoms with Gasteiger partial charge in [-0.25, -0.2) is 13.8 Å². The average molecular weight is 579 g/mol. The van der Waals surface area contributed by atoms with E-state index in [0.717, 1.165) is 11.6 Å². The third-order valence-corrected chi connectivity index (χ3v) is 7.34. The zero-order valence-electron chi connectivity index (χ0n) is 21.8. The molecule has 0 aliphatic carbocycles. The molecule has 5 rings (SSSR count). The fourth-order valence-electron chi connectivity index (χ4n) is 4.70. The van der Waals surface area contributed by atoms with Crippen molar-refractivity contribution in [3.8, 4) is 29.0 Å². The van der Waals surface area contributed by atoms with Gasteiger partial charge in [0.05, 0.1) is 34.1 Å². The number of carbonyl (C=O) groups is 1. The molecule has 0 amide bonds. The Labute approximate surface area is 237 Å². The topological polar surface area (TPSA) is 115 Å². The number of halogens is 4. The number of nitriles is 1. The number of aryl methyl sites for hydroxylation is 2. The second kappa shape index (κ2) is 10.7. The summed E-state index contributed by atoms with van der Waals surface area (Å²) in [5, 5.41) is 19.6. The maximum absolute atomic E-state index is 15.0. The average Bonchev–Trinajstić information content (AvgIpc) is 3.61. The van der Waals surface area contributed by atoms with Crippen molar-refractivity contribution in [2.75, 3.05) is 0 Å². The van der Waals surface area contributed by atoms with Gasteiger partial charge in [-0.1, -0.05) is 35.9 Å². The lowest BCUT2D eigenvalue weighted by molar-refractivity contribution is -0.136. The van der Waals surface area contributed by atoms with E-state index in [1.807, 2.05) is 0 Å². The number of aromatic amines is 2. The van der Waals surface area contributed by atoms with Crippen molar-refractivity contribution in [3.05, 3.63) is 99.7 Å². The number of rotatable bonds is 8. The third-order valence-electron chi connectivity index (χ3n) is 7.04. The highest BCUT2D eigenvalue weighted by Crippen LogP contribution is 2.40. The number of hydrogen-bond acceptors (Lipinski definition) is 4. The smallest absolute Gasteiger partial charge is 0.303 e. The molecule has 5 aromatic rings. The van der Waals surface area contributed by atoms with E-state index in [4.69, 9.17) is 21.4 Å². The van der Waals surface area contributed by atoms with E-state index in [1.165, 1.54) is 31.5 Å². The summed E-state index contributed by atoms with van der Waals surface area (Å²) in [5.41, 5.74) is 0.636. The van der Waals surface area contributed by atoms with E-state index >= 15 is 0 Å². The normalized spacial score (nSPS) is 12.7. The molecule has 0 aliphatic heterocycles. The maximum atomic E-state index is 15.0. The molecule has 0 fully saturated rings. The van der Waals surface area contributed by atoms with Gasteiger partial charge in [0, 0.05) is 23.6 Å². The molecule has 2 aromatic heterocycles. The van der Waals surface area contributed by atoms with Gasteiger partial charge < -0.3 is 19.8 Å². The predicted molar refractivity (Wildman–Crippen MR) is 146 cm³/mol. The van der Waals surface area contributed by atoms with Gasteiger partial charge in [-0.2, -0.15) is 9.65 Å². The molecule has 1 unspecified atom stereocenters. The Morgan fingerprint density at radius 3 is 2.71 bits per heavy atom. The molecule has 0 bridgehead atoms. The van der Waals surface area contributed by atoms with Crippen molar-refractivity contribution in [1.29, 1.82) is 5.26 Å². The van der Waals surface area contributed by atoms with Crippen molar-refractivity contribution in [1.82, 2.24) is 15.0 Å². The lowest BCUT2D eigenvalue weighted by atomic mass is 9.80. The highest BCUT2D eigenvalue weighted by atomic mass is 35.5. The summed E-state index contributed by atoms with van der Waals surface area (Å²) < 4.78 is 50.3. The van der Waals surface area contributed by atoms with Gasteiger partial charge in [-0.15, -0.1) is 0 Å². The Morgan fingerprint density at radius 2 is 1.98 bits per heavy atom. The molecule has 0 radical (unpaired) electrons. The molecule has 0 saturated carbocycles. The van der Waals surface area contributed by atoms with Gasteiger partial charge in [0.2, 0.25) is 5.82 Å². The van der Waals surface area contributed by atoms with Crippen LogP contribution in [-0.2, 0) is 16.6 Å². The van der Waals surface area contributed by atoms with Gasteiger partial charge in [-0.3, -0.25) is 4.79 Å². The zero-order chi connectivity index (χ0) is 29.5. The van der Waals surface area contributed by atoms with Crippen molar-refractivity contribution < 1.29 is 27.8 Å². The number of nitrogens with zero attached hydrogens (tertiary/aromatic N) is 2. The number of H-pyrrole nitrogens is 2. The monoisotopic (exact) mass is 578 g/mol. The molecule has 0 spiro atoms. The van der Waals surface area contributed by atoms with Gasteiger partial charge in [0.1, 0.15) is 22.8 Å². The second-order valence-electron chi connectivity index (χ2n) is 9.69. The number of nitrogens with one attached hydrogen (secondary N) is 2. The first kappa shape index (κ1) is 27.8. The van der Waals surface area contributed by atoms with Crippen LogP contribution >= 0.6 is 11.6 Å². The number of hydrogen-bond donors (Lipinski definition) is 3. The summed E-state index contributed by atoms with van der Waals surface area (Å²) >= 11 is 6.15. The quantitative estimate of drug-likeness (QED) is 0.176. The predicted octanol–water partition coefficient (Wildman–Crippen LogP) is 7.58. The van der Waals surface area contributed by atoms with Gasteiger partial charge in [0.15, 0.2) is 11.6 Å². The van der Waals surface area contributed by atoms with Crippen LogP contribution < -0.4 is 4.74 Å². The molecular formula is C30H22ClF3N4O3. The molecule has 41 heavy (non-hydrogen) atoms. The van der Waals surface area contributed by atoms with Gasteiger partial charge in [0.25, 0.3) is 0 Å². The third kappa shape index (κ3) is 5.00. The van der Waals surface area contributed by atoms with Crippen molar-refractivity contribution in [2.45, 2.75) is 32.1 Å². The molecule has 7 nitrogen and oxygen atoms in total. The van der Waals surface area contributed by atoms with Crippen LogP contribution in [0, 0.1) is 35.7 Å². The lowest BCUT2D eigenvalue weighted by Crippen LogP contribution is -2.22. The lowest BCUT2D eigenvalue weighted by Gasteiger charge is -2.21. The number of ether oxygens (including phenoxy) is 1. The van der Waals surface area contributed by atoms with Crippen molar-refractivity contribution in [2.24, 2.45) is 0 Å². The summed E-state index contributed by atoms with van der Waals surface area (Å²) in [4.78, 5) is 20.9. The number of aromatic nitrogens is 3. The Kier molecular flexibility index (Phi) is 7.24. The van der Waals surface area contributed by atoms with E-state index in [9.17, 15) is 23.2 Å². The fourth-order valence-corrected chi connectivity index (χ4v) is 4.99. The number of aliphatic carboxylic acids is 1. The molecular weight excluding hydrogens is 557 g/mol. The summed E-state index contributed by atoms with van der Waals surface area (Å²) in [6.45, 7) is 3.20. The van der Waals surface area contributed by atoms with Crippen LogP contribution in [0.5, 0.6) is 11.5 Å². The Balaban J connectivity index is 1.49. The largest absolute Gasteiger partial charge is 0.481 e. The van der Waals surface area contributed by atoms with Crippen molar-refractivity contribution >= 4 is 28.5 Å². The van der Waals surface area contributed by atoms with Crippen LogP contribution in [0.25, 0.3) is 22.3 Å². The highest BCUT2D eigenvalue weighted by Gasteiger charge is 2.32. The molecule has 0 saturated heterocycles. The van der Waals surface area contributed by atoms with Crippen LogP contribution in [0.1, 0.15) is 35.7 Å². The van der Waals surface area contributed by atoms with E-state index < -0.39 is 34.6 Å². The molecule has 208 valence electrons. The minimum atomic E-state index is -1.23. The van der Waals surface area contributed by atoms with E-state index in [2.05, 4.69) is 21.0 Å². The molecule has 1 atom stereocenters. The van der Waals surface area contributed by atoms with E-state index in [-0.39, 0.29) is 45.0 Å². The summed E-state index contributed by atoms with van der Waals surface area (Å²) in [6.07, 6.45) is 3.00. The van der Waals surface area contributed by atoms with Gasteiger partial charge in [-0.05, 0) is 49.6 Å².